The fourth-order valence-corrected chi connectivity index (χ4v) is 1.87. The first-order valence-corrected chi connectivity index (χ1v) is 6.04. The van der Waals surface area contributed by atoms with Gasteiger partial charge < -0.3 is 9.84 Å². The lowest BCUT2D eigenvalue weighted by Crippen LogP contribution is -2.08. The molecule has 21 heavy (non-hydrogen) atoms. The molecule has 0 spiro atoms. The number of aromatic carboxylic acids is 1. The highest BCUT2D eigenvalue weighted by atomic mass is 16.6. The summed E-state index contributed by atoms with van der Waals surface area (Å²) in [6.07, 6.45) is 1.36. The van der Waals surface area contributed by atoms with E-state index in [1.807, 2.05) is 0 Å². The molecule has 1 aromatic carbocycles. The second kappa shape index (κ2) is 6.00. The van der Waals surface area contributed by atoms with Crippen molar-refractivity contribution in [1.82, 2.24) is 4.98 Å². The summed E-state index contributed by atoms with van der Waals surface area (Å²) in [7, 11) is 0. The minimum absolute atomic E-state index is 0.110. The maximum Gasteiger partial charge on any atom is 0.354 e. The molecule has 108 valence electrons. The minimum Gasteiger partial charge on any atom is -0.482 e. The van der Waals surface area contributed by atoms with E-state index in [9.17, 15) is 14.9 Å². The number of ether oxygens (including phenoxy) is 1. The van der Waals surface area contributed by atoms with Gasteiger partial charge in [0.15, 0.2) is 11.4 Å². The highest BCUT2D eigenvalue weighted by Crippen LogP contribution is 2.31. The first kappa shape index (κ1) is 14.4. The Labute approximate surface area is 120 Å². The van der Waals surface area contributed by atoms with Crippen LogP contribution in [0.2, 0.25) is 0 Å². The molecule has 0 atom stereocenters. The Hall–Kier alpha value is -2.96. The summed E-state index contributed by atoms with van der Waals surface area (Å²) in [5, 5.41) is 20.0. The lowest BCUT2D eigenvalue weighted by atomic mass is 10.2. The van der Waals surface area contributed by atoms with Gasteiger partial charge in [-0.3, -0.25) is 10.1 Å². The van der Waals surface area contributed by atoms with Crippen LogP contribution in [0.25, 0.3) is 0 Å². The normalized spacial score (nSPS) is 10.1. The molecular formula is C14H12N2O5. The van der Waals surface area contributed by atoms with E-state index in [4.69, 9.17) is 9.84 Å². The predicted molar refractivity (Wildman–Crippen MR) is 73.4 cm³/mol. The van der Waals surface area contributed by atoms with Gasteiger partial charge in [-0.15, -0.1) is 0 Å². The van der Waals surface area contributed by atoms with Crippen molar-refractivity contribution in [3.05, 3.63) is 63.5 Å². The molecule has 0 saturated heterocycles. The van der Waals surface area contributed by atoms with Gasteiger partial charge in [-0.05, 0) is 18.6 Å². The van der Waals surface area contributed by atoms with Crippen molar-refractivity contribution in [3.63, 3.8) is 0 Å². The highest BCUT2D eigenvalue weighted by Gasteiger charge is 2.18. The first-order chi connectivity index (χ1) is 10.0. The van der Waals surface area contributed by atoms with Crippen LogP contribution in [0.4, 0.5) is 5.69 Å². The Morgan fingerprint density at radius 2 is 2.14 bits per heavy atom. The van der Waals surface area contributed by atoms with Crippen molar-refractivity contribution in [3.8, 4) is 5.75 Å². The van der Waals surface area contributed by atoms with Crippen LogP contribution < -0.4 is 4.74 Å². The van der Waals surface area contributed by atoms with Gasteiger partial charge in [0.2, 0.25) is 0 Å². The number of hydrogen-bond donors (Lipinski definition) is 1. The molecule has 0 unspecified atom stereocenters. The Morgan fingerprint density at radius 1 is 1.38 bits per heavy atom. The Bertz CT molecular complexity index is 700. The van der Waals surface area contributed by atoms with Crippen LogP contribution in [-0.2, 0) is 6.61 Å². The third-order valence-electron chi connectivity index (χ3n) is 2.85. The summed E-state index contributed by atoms with van der Waals surface area (Å²) in [5.41, 5.74) is 0.664. The molecule has 2 rings (SSSR count). The number of carboxylic acid groups (broad SMARTS) is 1. The Kier molecular flexibility index (Phi) is 4.13. The molecule has 1 aromatic heterocycles. The number of rotatable bonds is 5. The van der Waals surface area contributed by atoms with Crippen LogP contribution in [-0.4, -0.2) is 21.0 Å². The van der Waals surface area contributed by atoms with Gasteiger partial charge in [-0.25, -0.2) is 9.78 Å². The molecular weight excluding hydrogens is 276 g/mol. The number of nitrogens with zero attached hydrogens (tertiary/aromatic N) is 2. The highest BCUT2D eigenvalue weighted by molar-refractivity contribution is 5.86. The molecule has 2 aromatic rings. The molecule has 1 heterocycles. The van der Waals surface area contributed by atoms with Crippen molar-refractivity contribution in [2.45, 2.75) is 13.5 Å². The van der Waals surface area contributed by atoms with Crippen LogP contribution in [0.3, 0.4) is 0 Å². The van der Waals surface area contributed by atoms with Crippen molar-refractivity contribution >= 4 is 11.7 Å². The summed E-state index contributed by atoms with van der Waals surface area (Å²) in [4.78, 5) is 25.2. The number of pyridine rings is 1. The summed E-state index contributed by atoms with van der Waals surface area (Å²) in [6, 6.07) is 7.72. The van der Waals surface area contributed by atoms with Crippen molar-refractivity contribution in [2.75, 3.05) is 0 Å². The number of para-hydroxylation sites is 1. The lowest BCUT2D eigenvalue weighted by molar-refractivity contribution is -0.386. The monoisotopic (exact) mass is 288 g/mol. The van der Waals surface area contributed by atoms with E-state index in [1.54, 1.807) is 31.2 Å². The first-order valence-electron chi connectivity index (χ1n) is 6.04. The number of hydrogen-bond acceptors (Lipinski definition) is 5. The molecule has 0 aliphatic carbocycles. The summed E-state index contributed by atoms with van der Waals surface area (Å²) < 4.78 is 5.46. The maximum atomic E-state index is 11.0. The zero-order valence-electron chi connectivity index (χ0n) is 11.1. The average Bonchev–Trinajstić information content (AvgIpc) is 2.45. The van der Waals surface area contributed by atoms with E-state index in [-0.39, 0.29) is 23.7 Å². The number of carbonyl (C=O) groups is 1. The van der Waals surface area contributed by atoms with E-state index < -0.39 is 10.9 Å². The van der Waals surface area contributed by atoms with Gasteiger partial charge in [0.25, 0.3) is 0 Å². The van der Waals surface area contributed by atoms with E-state index in [1.165, 1.54) is 12.3 Å². The molecule has 0 amide bonds. The molecule has 0 aliphatic rings. The number of nitro groups is 1. The van der Waals surface area contributed by atoms with E-state index >= 15 is 0 Å². The number of aromatic nitrogens is 1. The number of carboxylic acids is 1. The van der Waals surface area contributed by atoms with Gasteiger partial charge >= 0.3 is 11.7 Å². The van der Waals surface area contributed by atoms with Crippen LogP contribution >= 0.6 is 0 Å². The van der Waals surface area contributed by atoms with Crippen LogP contribution in [0.5, 0.6) is 5.75 Å². The molecule has 1 N–H and O–H groups in total. The van der Waals surface area contributed by atoms with Gasteiger partial charge in [-0.2, -0.15) is 0 Å². The number of benzene rings is 1. The third-order valence-corrected chi connectivity index (χ3v) is 2.85. The molecule has 0 aliphatic heterocycles. The average molecular weight is 288 g/mol. The minimum atomic E-state index is -1.17. The largest absolute Gasteiger partial charge is 0.482 e. The molecule has 0 bridgehead atoms. The molecule has 0 radical (unpaired) electrons. The summed E-state index contributed by atoms with van der Waals surface area (Å²) >= 11 is 0. The Balaban J connectivity index is 2.29. The van der Waals surface area contributed by atoms with Gasteiger partial charge in [0.1, 0.15) is 6.61 Å². The van der Waals surface area contributed by atoms with Gasteiger partial charge in [0.05, 0.1) is 4.92 Å². The van der Waals surface area contributed by atoms with E-state index in [0.29, 0.717) is 11.1 Å². The van der Waals surface area contributed by atoms with Crippen molar-refractivity contribution < 1.29 is 19.6 Å². The topological polar surface area (TPSA) is 103 Å². The van der Waals surface area contributed by atoms with Gasteiger partial charge in [-0.1, -0.05) is 18.2 Å². The molecule has 7 nitrogen and oxygen atoms in total. The fraction of sp³-hybridized carbons (Fsp3) is 0.143. The molecule has 0 saturated carbocycles. The summed E-state index contributed by atoms with van der Waals surface area (Å²) in [6.45, 7) is 1.57. The third kappa shape index (κ3) is 3.14. The summed E-state index contributed by atoms with van der Waals surface area (Å²) in [5.74, 6) is -1.05. The van der Waals surface area contributed by atoms with E-state index in [0.717, 1.165) is 0 Å². The number of nitro benzene ring substituents is 1. The quantitative estimate of drug-likeness (QED) is 0.670. The van der Waals surface area contributed by atoms with Crippen LogP contribution in [0.15, 0.2) is 36.5 Å². The SMILES string of the molecule is Cc1cccc([N+](=O)[O-])c1OCc1cccnc1C(=O)O. The van der Waals surface area contributed by atoms with Gasteiger partial charge in [0, 0.05) is 17.8 Å². The van der Waals surface area contributed by atoms with Crippen LogP contribution in [0, 0.1) is 17.0 Å². The number of aryl methyl sites for hydroxylation is 1. The standard InChI is InChI=1S/C14H12N2O5/c1-9-4-2-6-11(16(19)20)13(9)21-8-10-5-3-7-15-12(10)14(17)18/h2-7H,8H2,1H3,(H,17,18). The maximum absolute atomic E-state index is 11.0. The fourth-order valence-electron chi connectivity index (χ4n) is 1.87. The second-order valence-electron chi connectivity index (χ2n) is 4.29. The van der Waals surface area contributed by atoms with Crippen LogP contribution in [0.1, 0.15) is 21.6 Å². The van der Waals surface area contributed by atoms with Crippen molar-refractivity contribution in [1.29, 1.82) is 0 Å². The predicted octanol–water partition coefficient (Wildman–Crippen LogP) is 2.58. The molecule has 0 fully saturated rings. The molecule has 7 heteroatoms. The smallest absolute Gasteiger partial charge is 0.354 e. The zero-order valence-corrected chi connectivity index (χ0v) is 11.1. The lowest BCUT2D eigenvalue weighted by Gasteiger charge is -2.10. The van der Waals surface area contributed by atoms with E-state index in [2.05, 4.69) is 4.98 Å². The second-order valence-corrected chi connectivity index (χ2v) is 4.29. The van der Waals surface area contributed by atoms with Crippen molar-refractivity contribution in [2.24, 2.45) is 0 Å². The Morgan fingerprint density at radius 3 is 2.81 bits per heavy atom. The zero-order chi connectivity index (χ0) is 15.4.